The van der Waals surface area contributed by atoms with Gasteiger partial charge in [0.1, 0.15) is 0 Å². The zero-order valence-corrected chi connectivity index (χ0v) is 13.2. The molecule has 0 saturated carbocycles. The third-order valence-electron chi connectivity index (χ3n) is 4.48. The number of aromatic nitrogens is 1. The summed E-state index contributed by atoms with van der Waals surface area (Å²) >= 11 is 0. The van der Waals surface area contributed by atoms with E-state index in [9.17, 15) is 0 Å². The number of nitrogens with zero attached hydrogens (tertiary/aromatic N) is 1. The number of benzene rings is 2. The SMILES string of the molecule is c1ccc2cc(CNc3ccc4c(c3)CNCCC4)ncc2c1. The molecule has 1 aliphatic heterocycles. The van der Waals surface area contributed by atoms with Crippen LogP contribution in [0.4, 0.5) is 5.69 Å². The number of anilines is 1. The molecule has 1 aliphatic rings. The fraction of sp³-hybridized carbons (Fsp3) is 0.250. The van der Waals surface area contributed by atoms with E-state index in [1.807, 2.05) is 12.3 Å². The zero-order valence-electron chi connectivity index (χ0n) is 13.2. The molecule has 2 heterocycles. The number of hydrogen-bond acceptors (Lipinski definition) is 3. The second-order valence-electron chi connectivity index (χ2n) is 6.14. The summed E-state index contributed by atoms with van der Waals surface area (Å²) in [6.45, 7) is 2.83. The highest BCUT2D eigenvalue weighted by Crippen LogP contribution is 2.20. The zero-order chi connectivity index (χ0) is 15.5. The molecule has 2 N–H and O–H groups in total. The van der Waals surface area contributed by atoms with Crippen LogP contribution < -0.4 is 10.6 Å². The van der Waals surface area contributed by atoms with E-state index < -0.39 is 0 Å². The Hall–Kier alpha value is -2.39. The number of hydrogen-bond donors (Lipinski definition) is 2. The van der Waals surface area contributed by atoms with Gasteiger partial charge in [0.15, 0.2) is 0 Å². The molecule has 1 aromatic heterocycles. The van der Waals surface area contributed by atoms with Gasteiger partial charge in [-0.3, -0.25) is 4.98 Å². The highest BCUT2D eigenvalue weighted by molar-refractivity contribution is 5.81. The van der Waals surface area contributed by atoms with Crippen LogP contribution in [0.1, 0.15) is 23.2 Å². The average Bonchev–Trinajstić information content (AvgIpc) is 2.84. The van der Waals surface area contributed by atoms with E-state index in [2.05, 4.69) is 58.1 Å². The predicted molar refractivity (Wildman–Crippen MR) is 95.5 cm³/mol. The highest BCUT2D eigenvalue weighted by Gasteiger charge is 2.08. The molecule has 0 bridgehead atoms. The van der Waals surface area contributed by atoms with Crippen LogP contribution in [0, 0.1) is 0 Å². The number of nitrogens with one attached hydrogen (secondary N) is 2. The van der Waals surface area contributed by atoms with Crippen molar-refractivity contribution in [1.29, 1.82) is 0 Å². The number of rotatable bonds is 3. The van der Waals surface area contributed by atoms with Crippen molar-refractivity contribution in [3.05, 3.63) is 71.5 Å². The van der Waals surface area contributed by atoms with E-state index in [4.69, 9.17) is 0 Å². The predicted octanol–water partition coefficient (Wildman–Crippen LogP) is 3.88. The van der Waals surface area contributed by atoms with Crippen LogP contribution in [0.25, 0.3) is 10.8 Å². The molecule has 0 amide bonds. The molecule has 0 atom stereocenters. The Morgan fingerprint density at radius 1 is 1.00 bits per heavy atom. The average molecular weight is 303 g/mol. The van der Waals surface area contributed by atoms with E-state index >= 15 is 0 Å². The van der Waals surface area contributed by atoms with Gasteiger partial charge in [-0.2, -0.15) is 0 Å². The first-order valence-corrected chi connectivity index (χ1v) is 8.28. The summed E-state index contributed by atoms with van der Waals surface area (Å²) in [6.07, 6.45) is 4.35. The van der Waals surface area contributed by atoms with Crippen molar-refractivity contribution >= 4 is 16.5 Å². The van der Waals surface area contributed by atoms with Gasteiger partial charge in [-0.05, 0) is 54.1 Å². The van der Waals surface area contributed by atoms with E-state index in [1.165, 1.54) is 40.4 Å². The van der Waals surface area contributed by atoms with Gasteiger partial charge in [-0.1, -0.05) is 30.3 Å². The molecule has 3 nitrogen and oxygen atoms in total. The lowest BCUT2D eigenvalue weighted by atomic mass is 10.0. The number of pyridine rings is 1. The smallest absolute Gasteiger partial charge is 0.0601 e. The van der Waals surface area contributed by atoms with Crippen molar-refractivity contribution in [3.8, 4) is 0 Å². The Morgan fingerprint density at radius 2 is 1.91 bits per heavy atom. The molecule has 0 radical (unpaired) electrons. The van der Waals surface area contributed by atoms with Crippen molar-refractivity contribution in [2.24, 2.45) is 0 Å². The summed E-state index contributed by atoms with van der Waals surface area (Å²) in [7, 11) is 0. The molecule has 0 spiro atoms. The summed E-state index contributed by atoms with van der Waals surface area (Å²) in [5.41, 5.74) is 5.13. The van der Waals surface area contributed by atoms with Crippen molar-refractivity contribution < 1.29 is 0 Å². The van der Waals surface area contributed by atoms with Crippen LogP contribution in [-0.2, 0) is 19.5 Å². The van der Waals surface area contributed by atoms with Gasteiger partial charge in [0.2, 0.25) is 0 Å². The van der Waals surface area contributed by atoms with Crippen molar-refractivity contribution in [2.75, 3.05) is 11.9 Å². The summed E-state index contributed by atoms with van der Waals surface area (Å²) in [5.74, 6) is 0. The summed E-state index contributed by atoms with van der Waals surface area (Å²) < 4.78 is 0. The Bertz CT molecular complexity index is 826. The Labute approximate surface area is 136 Å². The van der Waals surface area contributed by atoms with Crippen LogP contribution in [0.15, 0.2) is 54.7 Å². The largest absolute Gasteiger partial charge is 0.379 e. The molecule has 23 heavy (non-hydrogen) atoms. The molecule has 116 valence electrons. The lowest BCUT2D eigenvalue weighted by Crippen LogP contribution is -2.12. The molecule has 0 aliphatic carbocycles. The van der Waals surface area contributed by atoms with Crippen LogP contribution in [0.2, 0.25) is 0 Å². The van der Waals surface area contributed by atoms with E-state index in [0.717, 1.165) is 25.3 Å². The summed E-state index contributed by atoms with van der Waals surface area (Å²) in [6, 6.07) is 17.2. The summed E-state index contributed by atoms with van der Waals surface area (Å²) in [4.78, 5) is 4.55. The van der Waals surface area contributed by atoms with Crippen LogP contribution in [0.5, 0.6) is 0 Å². The fourth-order valence-electron chi connectivity index (χ4n) is 3.19. The standard InChI is InChI=1S/C20H21N3/c1-2-5-17-13-22-20(10-16(17)4-1)14-23-19-8-7-15-6-3-9-21-12-18(15)11-19/h1-2,4-5,7-8,10-11,13,21,23H,3,6,9,12,14H2. The van der Waals surface area contributed by atoms with Gasteiger partial charge < -0.3 is 10.6 Å². The molecular weight excluding hydrogens is 282 g/mol. The second-order valence-corrected chi connectivity index (χ2v) is 6.14. The van der Waals surface area contributed by atoms with Crippen molar-refractivity contribution in [3.63, 3.8) is 0 Å². The molecule has 4 rings (SSSR count). The van der Waals surface area contributed by atoms with Crippen molar-refractivity contribution in [2.45, 2.75) is 25.9 Å². The van der Waals surface area contributed by atoms with Crippen LogP contribution >= 0.6 is 0 Å². The lowest BCUT2D eigenvalue weighted by molar-refractivity contribution is 0.681. The fourth-order valence-corrected chi connectivity index (χ4v) is 3.19. The molecule has 0 fully saturated rings. The number of fused-ring (bicyclic) bond motifs is 2. The molecule has 3 heteroatoms. The van der Waals surface area contributed by atoms with Gasteiger partial charge in [-0.25, -0.2) is 0 Å². The third kappa shape index (κ3) is 3.20. The molecule has 3 aromatic rings. The van der Waals surface area contributed by atoms with Gasteiger partial charge in [-0.15, -0.1) is 0 Å². The first-order valence-electron chi connectivity index (χ1n) is 8.28. The summed E-state index contributed by atoms with van der Waals surface area (Å²) in [5, 5.41) is 9.42. The molecule has 2 aromatic carbocycles. The Kier molecular flexibility index (Phi) is 3.95. The minimum Gasteiger partial charge on any atom is -0.379 e. The van der Waals surface area contributed by atoms with Crippen molar-refractivity contribution in [1.82, 2.24) is 10.3 Å². The number of aryl methyl sites for hydroxylation is 1. The first kappa shape index (κ1) is 14.2. The third-order valence-corrected chi connectivity index (χ3v) is 4.48. The van der Waals surface area contributed by atoms with Gasteiger partial charge in [0.05, 0.1) is 12.2 Å². The first-order chi connectivity index (χ1) is 11.4. The lowest BCUT2D eigenvalue weighted by Gasteiger charge is -2.11. The quantitative estimate of drug-likeness (QED) is 0.771. The Balaban J connectivity index is 1.50. The maximum atomic E-state index is 4.55. The molecule has 0 saturated heterocycles. The minimum atomic E-state index is 0.747. The van der Waals surface area contributed by atoms with Crippen LogP contribution in [-0.4, -0.2) is 11.5 Å². The topological polar surface area (TPSA) is 37.0 Å². The minimum absolute atomic E-state index is 0.747. The highest BCUT2D eigenvalue weighted by atomic mass is 14.9. The molecule has 0 unspecified atom stereocenters. The van der Waals surface area contributed by atoms with Crippen LogP contribution in [0.3, 0.4) is 0 Å². The maximum absolute atomic E-state index is 4.55. The normalized spacial score (nSPS) is 14.3. The van der Waals surface area contributed by atoms with Gasteiger partial charge in [0, 0.05) is 23.8 Å². The van der Waals surface area contributed by atoms with Gasteiger partial charge >= 0.3 is 0 Å². The molecular formula is C20H21N3. The second kappa shape index (κ2) is 6.39. The maximum Gasteiger partial charge on any atom is 0.0601 e. The van der Waals surface area contributed by atoms with E-state index in [0.29, 0.717) is 0 Å². The van der Waals surface area contributed by atoms with E-state index in [-0.39, 0.29) is 0 Å². The Morgan fingerprint density at radius 3 is 2.87 bits per heavy atom. The monoisotopic (exact) mass is 303 g/mol. The van der Waals surface area contributed by atoms with Gasteiger partial charge in [0.25, 0.3) is 0 Å². The van der Waals surface area contributed by atoms with E-state index in [1.54, 1.807) is 0 Å².